The van der Waals surface area contributed by atoms with Crippen LogP contribution in [0.15, 0.2) is 12.2 Å². The predicted octanol–water partition coefficient (Wildman–Crippen LogP) is -0.405. The normalized spacial score (nSPS) is 65.0. The number of ketones is 1. The topological polar surface area (TPSA) is 116 Å². The van der Waals surface area contributed by atoms with Gasteiger partial charge in [0.15, 0.2) is 5.78 Å². The highest BCUT2D eigenvalue weighted by Gasteiger charge is 2.92. The molecule has 7 heteroatoms. The van der Waals surface area contributed by atoms with E-state index in [0.29, 0.717) is 6.42 Å². The van der Waals surface area contributed by atoms with E-state index in [9.17, 15) is 24.9 Å². The Kier molecular flexibility index (Phi) is 2.61. The van der Waals surface area contributed by atoms with Crippen LogP contribution in [-0.4, -0.2) is 57.7 Å². The minimum atomic E-state index is -1.95. The number of Topliss-reactive ketones (excluding diaryl/α,β-unsaturated/α-hetero) is 1. The number of fused-ring (bicyclic) bond motifs is 2. The summed E-state index contributed by atoms with van der Waals surface area (Å²) in [6.45, 7) is 8.15. The first kappa shape index (κ1) is 17.4. The van der Waals surface area contributed by atoms with Gasteiger partial charge in [0.25, 0.3) is 0 Å². The second-order valence-corrected chi connectivity index (χ2v) is 11.3. The summed E-state index contributed by atoms with van der Waals surface area (Å²) < 4.78 is 5.98. The standard InChI is InChI=1S/C22H27NO6/c1-7-8-4-5-9-20-6-29-22(28,21(9)12(8)10(7)16(21)25)17(26)13(20)19(2,3)14-11(15(20)24)18(27)23-14/h8-15,17,24,26,28H,1,4-6H2,2-3H3,(H,23,27)/t8-,9-,10?,11?,12-,13+,14?,15?,17-,20-,21+,22+/m0/s1. The molecule has 8 aliphatic rings. The molecule has 7 nitrogen and oxygen atoms in total. The number of ether oxygens (including phenoxy) is 1. The van der Waals surface area contributed by atoms with Gasteiger partial charge in [0.2, 0.25) is 11.7 Å². The third-order valence-corrected chi connectivity index (χ3v) is 10.7. The molecule has 8 rings (SSSR count). The maximum atomic E-state index is 13.5. The first-order valence-corrected chi connectivity index (χ1v) is 10.8. The van der Waals surface area contributed by atoms with Gasteiger partial charge in [-0.3, -0.25) is 9.59 Å². The molecule has 29 heavy (non-hydrogen) atoms. The molecule has 5 aliphatic carbocycles. The molecule has 8 fully saturated rings. The first-order valence-electron chi connectivity index (χ1n) is 10.8. The molecule has 5 saturated carbocycles. The number of nitrogens with one attached hydrogen (secondary N) is 1. The number of β-lactam (4-membered cyclic amide) rings is 1. The molecule has 4 N–H and O–H groups in total. The van der Waals surface area contributed by atoms with Crippen LogP contribution in [0.1, 0.15) is 26.7 Å². The number of amides is 1. The zero-order chi connectivity index (χ0) is 20.5. The van der Waals surface area contributed by atoms with Gasteiger partial charge in [-0.25, -0.2) is 0 Å². The molecule has 3 aliphatic heterocycles. The lowest BCUT2D eigenvalue weighted by molar-refractivity contribution is -0.479. The van der Waals surface area contributed by atoms with Crippen molar-refractivity contribution in [2.75, 3.05) is 6.61 Å². The Hall–Kier alpha value is -1.28. The SMILES string of the molecule is C=C1C2C(=O)[C@]34[C@H]2[C@H]1CC[C@H]3[C@@]12CO[C@]4(O)[C@@H](O)[C@@H]1C(C)(C)C1NC(=O)C1C2O. The summed E-state index contributed by atoms with van der Waals surface area (Å²) in [4.78, 5) is 26.0. The molecule has 12 atom stereocenters. The van der Waals surface area contributed by atoms with E-state index in [-0.39, 0.29) is 48.0 Å². The first-order chi connectivity index (χ1) is 13.6. The minimum absolute atomic E-state index is 0.0645. The van der Waals surface area contributed by atoms with Crippen molar-refractivity contribution < 1.29 is 29.6 Å². The van der Waals surface area contributed by atoms with Crippen LogP contribution in [0.4, 0.5) is 0 Å². The minimum Gasteiger partial charge on any atom is -0.392 e. The van der Waals surface area contributed by atoms with Crippen LogP contribution in [0.25, 0.3) is 0 Å². The Morgan fingerprint density at radius 3 is 2.59 bits per heavy atom. The van der Waals surface area contributed by atoms with Crippen molar-refractivity contribution in [2.45, 2.75) is 50.7 Å². The maximum absolute atomic E-state index is 13.5. The number of hydrogen-bond acceptors (Lipinski definition) is 6. The second kappa shape index (κ2) is 4.35. The van der Waals surface area contributed by atoms with E-state index in [0.717, 1.165) is 12.0 Å². The van der Waals surface area contributed by atoms with Gasteiger partial charge in [-0.05, 0) is 36.0 Å². The van der Waals surface area contributed by atoms with Crippen LogP contribution in [0.2, 0.25) is 0 Å². The zero-order valence-corrected chi connectivity index (χ0v) is 16.6. The Labute approximate surface area is 168 Å². The van der Waals surface area contributed by atoms with Crippen LogP contribution in [0.3, 0.4) is 0 Å². The average molecular weight is 401 g/mol. The molecule has 0 aromatic heterocycles. The lowest BCUT2D eigenvalue weighted by Gasteiger charge is -2.84. The fourth-order valence-corrected chi connectivity index (χ4v) is 9.83. The lowest BCUT2D eigenvalue weighted by Crippen LogP contribution is -2.94. The van der Waals surface area contributed by atoms with E-state index in [4.69, 9.17) is 4.74 Å². The van der Waals surface area contributed by atoms with E-state index < -0.39 is 46.1 Å². The maximum Gasteiger partial charge on any atom is 0.228 e. The Morgan fingerprint density at radius 2 is 1.90 bits per heavy atom. The highest BCUT2D eigenvalue weighted by atomic mass is 16.6. The van der Waals surface area contributed by atoms with Crippen molar-refractivity contribution in [3.8, 4) is 0 Å². The molecule has 2 spiro atoms. The third-order valence-electron chi connectivity index (χ3n) is 10.7. The number of rotatable bonds is 0. The molecule has 156 valence electrons. The van der Waals surface area contributed by atoms with Gasteiger partial charge in [-0.1, -0.05) is 26.0 Å². The van der Waals surface area contributed by atoms with Gasteiger partial charge in [-0.2, -0.15) is 0 Å². The predicted molar refractivity (Wildman–Crippen MR) is 97.8 cm³/mol. The van der Waals surface area contributed by atoms with Gasteiger partial charge in [0, 0.05) is 23.3 Å². The van der Waals surface area contributed by atoms with Crippen molar-refractivity contribution in [1.82, 2.24) is 5.32 Å². The van der Waals surface area contributed by atoms with Gasteiger partial charge in [-0.15, -0.1) is 0 Å². The molecule has 0 aromatic carbocycles. The molecule has 0 radical (unpaired) electrons. The van der Waals surface area contributed by atoms with Crippen molar-refractivity contribution in [3.63, 3.8) is 0 Å². The molecular formula is C22H27NO6. The highest BCUT2D eigenvalue weighted by molar-refractivity contribution is 6.01. The van der Waals surface area contributed by atoms with Crippen LogP contribution < -0.4 is 5.32 Å². The molecule has 3 saturated heterocycles. The van der Waals surface area contributed by atoms with Gasteiger partial charge in [0.1, 0.15) is 6.10 Å². The molecule has 2 bridgehead atoms. The number of carbonyl (C=O) groups is 2. The quantitative estimate of drug-likeness (QED) is 0.324. The van der Waals surface area contributed by atoms with Crippen molar-refractivity contribution in [3.05, 3.63) is 12.2 Å². The summed E-state index contributed by atoms with van der Waals surface area (Å²) in [7, 11) is 0. The van der Waals surface area contributed by atoms with Crippen molar-refractivity contribution in [2.24, 2.45) is 51.8 Å². The summed E-state index contributed by atoms with van der Waals surface area (Å²) in [5.74, 6) is -3.74. The summed E-state index contributed by atoms with van der Waals surface area (Å²) >= 11 is 0. The van der Waals surface area contributed by atoms with Crippen LogP contribution in [0.5, 0.6) is 0 Å². The van der Waals surface area contributed by atoms with Crippen molar-refractivity contribution >= 4 is 11.7 Å². The monoisotopic (exact) mass is 401 g/mol. The number of hydrogen-bond donors (Lipinski definition) is 4. The van der Waals surface area contributed by atoms with E-state index in [1.807, 2.05) is 13.8 Å². The Bertz CT molecular complexity index is 930. The van der Waals surface area contributed by atoms with E-state index in [2.05, 4.69) is 11.9 Å². The fourth-order valence-electron chi connectivity index (χ4n) is 9.83. The molecule has 4 unspecified atom stereocenters. The number of allylic oxidation sites excluding steroid dienone is 1. The Morgan fingerprint density at radius 1 is 1.17 bits per heavy atom. The van der Waals surface area contributed by atoms with Gasteiger partial charge >= 0.3 is 0 Å². The van der Waals surface area contributed by atoms with Gasteiger partial charge in [0.05, 0.1) is 24.0 Å². The second-order valence-electron chi connectivity index (χ2n) is 11.3. The number of aliphatic hydroxyl groups is 3. The summed E-state index contributed by atoms with van der Waals surface area (Å²) in [6.07, 6.45) is -0.770. The molecule has 3 heterocycles. The average Bonchev–Trinajstić information content (AvgIpc) is 2.64. The highest BCUT2D eigenvalue weighted by Crippen LogP contribution is 2.84. The number of carbonyl (C=O) groups excluding carboxylic acids is 2. The summed E-state index contributed by atoms with van der Waals surface area (Å²) in [5, 5.41) is 37.9. The number of aliphatic hydroxyl groups excluding tert-OH is 2. The zero-order valence-electron chi connectivity index (χ0n) is 16.6. The van der Waals surface area contributed by atoms with E-state index in [1.165, 1.54) is 0 Å². The van der Waals surface area contributed by atoms with Crippen molar-refractivity contribution in [1.29, 1.82) is 0 Å². The van der Waals surface area contributed by atoms with Crippen LogP contribution in [0, 0.1) is 51.8 Å². The van der Waals surface area contributed by atoms with Crippen LogP contribution >= 0.6 is 0 Å². The molecular weight excluding hydrogens is 374 g/mol. The lowest BCUT2D eigenvalue weighted by atomic mass is 9.22. The summed E-state index contributed by atoms with van der Waals surface area (Å²) in [6, 6.07) is -0.265. The van der Waals surface area contributed by atoms with Gasteiger partial charge < -0.3 is 25.4 Å². The molecule has 1 amide bonds. The van der Waals surface area contributed by atoms with E-state index >= 15 is 0 Å². The Balaban J connectivity index is 1.48. The fraction of sp³-hybridized carbons (Fsp3) is 0.818. The summed E-state index contributed by atoms with van der Waals surface area (Å²) in [5.41, 5.74) is -1.72. The van der Waals surface area contributed by atoms with E-state index in [1.54, 1.807) is 0 Å². The van der Waals surface area contributed by atoms with Crippen LogP contribution in [-0.2, 0) is 14.3 Å². The smallest absolute Gasteiger partial charge is 0.228 e. The third kappa shape index (κ3) is 1.26. The molecule has 0 aromatic rings. The largest absolute Gasteiger partial charge is 0.392 e.